The fourth-order valence-corrected chi connectivity index (χ4v) is 2.14. The third-order valence-corrected chi connectivity index (χ3v) is 3.44. The van der Waals surface area contributed by atoms with Crippen LogP contribution in [0.4, 0.5) is 0 Å². The molecule has 0 bridgehead atoms. The van der Waals surface area contributed by atoms with Crippen molar-refractivity contribution in [2.45, 2.75) is 64.8 Å². The standard InChI is InChI=1S/C16H22O8/c1-4-12(17)22-10-7-9(16(20)21)8-11(23-13(18)5-2)15(10)24-14(19)6-3/h7,10-11,15H,4-6,8H2,1-3H3,(H,20,21)/t10-,11-,15-/m1/s1. The molecule has 0 saturated heterocycles. The van der Waals surface area contributed by atoms with Crippen LogP contribution in [0.5, 0.6) is 0 Å². The van der Waals surface area contributed by atoms with E-state index in [1.54, 1.807) is 20.8 Å². The van der Waals surface area contributed by atoms with Gasteiger partial charge in [-0.25, -0.2) is 4.79 Å². The van der Waals surface area contributed by atoms with Gasteiger partial charge in [0.2, 0.25) is 0 Å². The van der Waals surface area contributed by atoms with E-state index in [9.17, 15) is 24.3 Å². The van der Waals surface area contributed by atoms with Crippen LogP contribution in [0.3, 0.4) is 0 Å². The normalized spacial score (nSPS) is 23.0. The summed E-state index contributed by atoms with van der Waals surface area (Å²) in [6.45, 7) is 4.75. The second kappa shape index (κ2) is 9.05. The molecule has 1 N–H and O–H groups in total. The highest BCUT2D eigenvalue weighted by molar-refractivity contribution is 5.87. The molecule has 0 aromatic heterocycles. The average Bonchev–Trinajstić information content (AvgIpc) is 2.56. The number of hydrogen-bond acceptors (Lipinski definition) is 7. The van der Waals surface area contributed by atoms with E-state index in [1.807, 2.05) is 0 Å². The number of carboxylic acid groups (broad SMARTS) is 1. The first kappa shape index (κ1) is 19.7. The van der Waals surface area contributed by atoms with Crippen LogP contribution in [0.15, 0.2) is 11.6 Å². The first-order chi connectivity index (χ1) is 11.3. The molecule has 0 aliphatic heterocycles. The molecule has 134 valence electrons. The molecule has 1 aliphatic carbocycles. The van der Waals surface area contributed by atoms with Crippen LogP contribution in [0.25, 0.3) is 0 Å². The Hall–Kier alpha value is -2.38. The lowest BCUT2D eigenvalue weighted by molar-refractivity contribution is -0.183. The summed E-state index contributed by atoms with van der Waals surface area (Å²) in [5, 5.41) is 9.21. The number of carbonyl (C=O) groups is 4. The minimum absolute atomic E-state index is 0.0680. The quantitative estimate of drug-likeness (QED) is 0.544. The van der Waals surface area contributed by atoms with Crippen LogP contribution >= 0.6 is 0 Å². The summed E-state index contributed by atoms with van der Waals surface area (Å²) in [5.74, 6) is -2.93. The fraction of sp³-hybridized carbons (Fsp3) is 0.625. The van der Waals surface area contributed by atoms with Gasteiger partial charge >= 0.3 is 23.9 Å². The zero-order valence-corrected chi connectivity index (χ0v) is 13.9. The summed E-state index contributed by atoms with van der Waals surface area (Å²) < 4.78 is 15.6. The van der Waals surface area contributed by atoms with E-state index in [0.717, 1.165) is 0 Å². The predicted octanol–water partition coefficient (Wildman–Crippen LogP) is 1.37. The Morgan fingerprint density at radius 3 is 1.96 bits per heavy atom. The summed E-state index contributed by atoms with van der Waals surface area (Å²) in [5.41, 5.74) is -0.0680. The molecule has 0 radical (unpaired) electrons. The van der Waals surface area contributed by atoms with Crippen molar-refractivity contribution < 1.29 is 38.5 Å². The molecule has 8 heteroatoms. The van der Waals surface area contributed by atoms with Crippen LogP contribution in [-0.2, 0) is 33.4 Å². The molecular weight excluding hydrogens is 320 g/mol. The number of carboxylic acids is 1. The molecule has 0 heterocycles. The summed E-state index contributed by atoms with van der Waals surface area (Å²) in [6, 6.07) is 0. The minimum atomic E-state index is -1.22. The molecular formula is C16H22O8. The number of esters is 3. The van der Waals surface area contributed by atoms with Crippen molar-refractivity contribution in [2.75, 3.05) is 0 Å². The van der Waals surface area contributed by atoms with E-state index in [-0.39, 0.29) is 31.3 Å². The largest absolute Gasteiger partial charge is 0.478 e. The van der Waals surface area contributed by atoms with Gasteiger partial charge in [-0.1, -0.05) is 20.8 Å². The van der Waals surface area contributed by atoms with Gasteiger partial charge in [-0.05, 0) is 6.08 Å². The van der Waals surface area contributed by atoms with Crippen LogP contribution in [0.1, 0.15) is 46.5 Å². The van der Waals surface area contributed by atoms with Gasteiger partial charge in [-0.15, -0.1) is 0 Å². The molecule has 3 atom stereocenters. The third-order valence-electron chi connectivity index (χ3n) is 3.44. The van der Waals surface area contributed by atoms with Gasteiger partial charge in [-0.3, -0.25) is 14.4 Å². The third kappa shape index (κ3) is 5.36. The van der Waals surface area contributed by atoms with Crippen molar-refractivity contribution in [3.8, 4) is 0 Å². The molecule has 0 saturated carbocycles. The minimum Gasteiger partial charge on any atom is -0.478 e. The maximum atomic E-state index is 11.7. The Balaban J connectivity index is 3.15. The Kier molecular flexibility index (Phi) is 7.41. The number of carbonyl (C=O) groups excluding carboxylic acids is 3. The highest BCUT2D eigenvalue weighted by Crippen LogP contribution is 2.28. The lowest BCUT2D eigenvalue weighted by Crippen LogP contribution is -2.48. The van der Waals surface area contributed by atoms with Crippen LogP contribution < -0.4 is 0 Å². The maximum absolute atomic E-state index is 11.7. The number of hydrogen-bond donors (Lipinski definition) is 1. The van der Waals surface area contributed by atoms with E-state index in [2.05, 4.69) is 0 Å². The molecule has 0 aromatic carbocycles. The highest BCUT2D eigenvalue weighted by atomic mass is 16.6. The fourth-order valence-electron chi connectivity index (χ4n) is 2.14. The summed E-state index contributed by atoms with van der Waals surface area (Å²) in [4.78, 5) is 46.1. The second-order valence-corrected chi connectivity index (χ2v) is 5.20. The molecule has 0 fully saturated rings. The van der Waals surface area contributed by atoms with Gasteiger partial charge in [0.1, 0.15) is 6.10 Å². The summed E-state index contributed by atoms with van der Waals surface area (Å²) in [6.07, 6.45) is -1.91. The van der Waals surface area contributed by atoms with Crippen LogP contribution in [-0.4, -0.2) is 47.3 Å². The molecule has 0 spiro atoms. The predicted molar refractivity (Wildman–Crippen MR) is 80.8 cm³/mol. The van der Waals surface area contributed by atoms with Gasteiger partial charge in [0.25, 0.3) is 0 Å². The Morgan fingerprint density at radius 2 is 1.46 bits per heavy atom. The van der Waals surface area contributed by atoms with E-state index >= 15 is 0 Å². The van der Waals surface area contributed by atoms with Crippen LogP contribution in [0, 0.1) is 0 Å². The zero-order valence-electron chi connectivity index (χ0n) is 13.9. The SMILES string of the molecule is CCC(=O)O[C@@H]1[C@H](OC(=O)CC)C=C(C(=O)O)C[C@H]1OC(=O)CC. The first-order valence-electron chi connectivity index (χ1n) is 7.84. The van der Waals surface area contributed by atoms with Crippen LogP contribution in [0.2, 0.25) is 0 Å². The first-order valence-corrected chi connectivity index (χ1v) is 7.84. The second-order valence-electron chi connectivity index (χ2n) is 5.20. The van der Waals surface area contributed by atoms with Crippen molar-refractivity contribution in [3.05, 3.63) is 11.6 Å². The summed E-state index contributed by atoms with van der Waals surface area (Å²) >= 11 is 0. The van der Waals surface area contributed by atoms with Crippen molar-refractivity contribution in [1.29, 1.82) is 0 Å². The average molecular weight is 342 g/mol. The number of aliphatic carboxylic acids is 1. The number of ether oxygens (including phenoxy) is 3. The van der Waals surface area contributed by atoms with Gasteiger partial charge < -0.3 is 19.3 Å². The van der Waals surface area contributed by atoms with Gasteiger partial charge in [0.15, 0.2) is 12.2 Å². The monoisotopic (exact) mass is 342 g/mol. The van der Waals surface area contributed by atoms with E-state index in [1.165, 1.54) is 6.08 Å². The highest BCUT2D eigenvalue weighted by Gasteiger charge is 2.42. The zero-order chi connectivity index (χ0) is 18.3. The lowest BCUT2D eigenvalue weighted by atomic mass is 9.91. The molecule has 0 aromatic rings. The Morgan fingerprint density at radius 1 is 0.958 bits per heavy atom. The lowest BCUT2D eigenvalue weighted by Gasteiger charge is -2.34. The van der Waals surface area contributed by atoms with Crippen molar-refractivity contribution in [3.63, 3.8) is 0 Å². The van der Waals surface area contributed by atoms with Gasteiger partial charge in [0.05, 0.1) is 0 Å². The van der Waals surface area contributed by atoms with E-state index in [0.29, 0.717) is 0 Å². The maximum Gasteiger partial charge on any atom is 0.331 e. The molecule has 0 unspecified atom stereocenters. The van der Waals surface area contributed by atoms with E-state index < -0.39 is 42.2 Å². The molecule has 24 heavy (non-hydrogen) atoms. The van der Waals surface area contributed by atoms with Gasteiger partial charge in [-0.2, -0.15) is 0 Å². The summed E-state index contributed by atoms with van der Waals surface area (Å²) in [7, 11) is 0. The van der Waals surface area contributed by atoms with Crippen molar-refractivity contribution >= 4 is 23.9 Å². The topological polar surface area (TPSA) is 116 Å². The Bertz CT molecular complexity index is 536. The Labute approximate surface area is 139 Å². The van der Waals surface area contributed by atoms with Gasteiger partial charge in [0, 0.05) is 31.3 Å². The molecule has 8 nitrogen and oxygen atoms in total. The van der Waals surface area contributed by atoms with Crippen molar-refractivity contribution in [1.82, 2.24) is 0 Å². The molecule has 1 aliphatic rings. The molecule has 1 rings (SSSR count). The molecule has 0 amide bonds. The van der Waals surface area contributed by atoms with E-state index in [4.69, 9.17) is 14.2 Å². The number of rotatable bonds is 7. The smallest absolute Gasteiger partial charge is 0.331 e. The van der Waals surface area contributed by atoms with Crippen molar-refractivity contribution in [2.24, 2.45) is 0 Å².